The second kappa shape index (κ2) is 6.51. The first-order chi connectivity index (χ1) is 8.64. The lowest BCUT2D eigenvalue weighted by Gasteiger charge is -2.32. The van der Waals surface area contributed by atoms with Crippen LogP contribution in [0, 0.1) is 5.92 Å². The molecule has 0 aromatic rings. The van der Waals surface area contributed by atoms with Crippen LogP contribution in [0.4, 0.5) is 26.3 Å². The fraction of sp³-hybridized carbons (Fsp3) is 1.00. The molecule has 0 aliphatic rings. The van der Waals surface area contributed by atoms with Crippen molar-refractivity contribution in [2.75, 3.05) is 6.54 Å². The van der Waals surface area contributed by atoms with Crippen molar-refractivity contribution in [3.05, 3.63) is 0 Å². The molecule has 1 N–H and O–H groups in total. The molecule has 0 spiro atoms. The highest BCUT2D eigenvalue weighted by molar-refractivity contribution is 4.81. The summed E-state index contributed by atoms with van der Waals surface area (Å²) in [5, 5.41) is 2.85. The second-order valence-electron chi connectivity index (χ2n) is 6.01. The molecule has 0 aromatic heterocycles. The minimum absolute atomic E-state index is 0.0934. The highest BCUT2D eigenvalue weighted by Gasteiger charge is 2.58. The summed E-state index contributed by atoms with van der Waals surface area (Å²) in [6.07, 6.45) is -15.9. The van der Waals surface area contributed by atoms with Gasteiger partial charge in [0.25, 0.3) is 0 Å². The van der Waals surface area contributed by atoms with Crippen LogP contribution in [0.5, 0.6) is 0 Å². The Hall–Kier alpha value is -0.500. The van der Waals surface area contributed by atoms with Gasteiger partial charge in [-0.2, -0.15) is 26.3 Å². The van der Waals surface area contributed by atoms with E-state index in [0.29, 0.717) is 0 Å². The quantitative estimate of drug-likeness (QED) is 0.778. The van der Waals surface area contributed by atoms with Crippen LogP contribution in [0.25, 0.3) is 0 Å². The van der Waals surface area contributed by atoms with E-state index >= 15 is 0 Å². The van der Waals surface area contributed by atoms with Gasteiger partial charge >= 0.3 is 12.4 Å². The number of hydrogen-bond donors (Lipinski definition) is 1. The van der Waals surface area contributed by atoms with Crippen molar-refractivity contribution < 1.29 is 31.1 Å². The molecule has 0 aromatic carbocycles. The van der Waals surface area contributed by atoms with Gasteiger partial charge in [-0.25, -0.2) is 0 Å². The highest BCUT2D eigenvalue weighted by atomic mass is 19.4. The van der Waals surface area contributed by atoms with Crippen LogP contribution >= 0.6 is 0 Å². The Morgan fingerprint density at radius 1 is 0.900 bits per heavy atom. The van der Waals surface area contributed by atoms with Crippen molar-refractivity contribution in [3.8, 4) is 0 Å². The van der Waals surface area contributed by atoms with Gasteiger partial charge in [0.05, 0.1) is 6.10 Å². The molecule has 8 heteroatoms. The zero-order valence-corrected chi connectivity index (χ0v) is 12.1. The van der Waals surface area contributed by atoms with Crippen molar-refractivity contribution in [3.63, 3.8) is 0 Å². The normalized spacial score (nSPS) is 16.1. The fourth-order valence-corrected chi connectivity index (χ4v) is 1.36. The van der Waals surface area contributed by atoms with Crippen molar-refractivity contribution in [2.45, 2.75) is 64.7 Å². The third-order valence-electron chi connectivity index (χ3n) is 2.48. The van der Waals surface area contributed by atoms with E-state index in [9.17, 15) is 26.3 Å². The van der Waals surface area contributed by atoms with E-state index in [2.05, 4.69) is 10.1 Å². The molecular weight excluding hydrogens is 288 g/mol. The Bertz CT molecular complexity index is 278. The zero-order valence-electron chi connectivity index (χ0n) is 12.1. The molecule has 0 aliphatic heterocycles. The number of alkyl halides is 6. The zero-order chi connectivity index (χ0) is 16.4. The third-order valence-corrected chi connectivity index (χ3v) is 2.48. The summed E-state index contributed by atoms with van der Waals surface area (Å²) in [7, 11) is 0. The number of halogens is 6. The Morgan fingerprint density at radius 3 is 1.55 bits per heavy atom. The summed E-state index contributed by atoms with van der Waals surface area (Å²) < 4.78 is 79.0. The van der Waals surface area contributed by atoms with E-state index in [1.165, 1.54) is 13.8 Å². The van der Waals surface area contributed by atoms with Gasteiger partial charge in [0.15, 0.2) is 0 Å². The van der Waals surface area contributed by atoms with E-state index in [4.69, 9.17) is 0 Å². The van der Waals surface area contributed by atoms with E-state index in [1.807, 2.05) is 0 Å². The molecule has 0 amide bonds. The minimum Gasteiger partial charge on any atom is -0.356 e. The third kappa shape index (κ3) is 7.33. The van der Waals surface area contributed by atoms with Gasteiger partial charge in [-0.1, -0.05) is 13.8 Å². The standard InChI is InChI=1S/C12H21F6NO/c1-7(2)8(6-19-10(3,4)5)20-9(11(13,14)15)12(16,17)18/h7-9,19H,6H2,1-5H3. The lowest BCUT2D eigenvalue weighted by Crippen LogP contribution is -2.51. The molecule has 1 atom stereocenters. The van der Waals surface area contributed by atoms with Crippen molar-refractivity contribution in [1.82, 2.24) is 5.32 Å². The molecular formula is C12H21F6NO. The van der Waals surface area contributed by atoms with Crippen molar-refractivity contribution in [1.29, 1.82) is 0 Å². The number of rotatable bonds is 5. The van der Waals surface area contributed by atoms with Gasteiger partial charge in [0, 0.05) is 12.1 Å². The molecule has 0 bridgehead atoms. The molecule has 0 saturated carbocycles. The number of ether oxygens (including phenoxy) is 1. The average molecular weight is 309 g/mol. The molecule has 0 fully saturated rings. The highest BCUT2D eigenvalue weighted by Crippen LogP contribution is 2.37. The summed E-state index contributed by atoms with van der Waals surface area (Å²) in [6, 6.07) is 0. The first-order valence-electron chi connectivity index (χ1n) is 6.18. The van der Waals surface area contributed by atoms with Crippen LogP contribution in [-0.4, -0.2) is 36.6 Å². The Balaban J connectivity index is 4.94. The second-order valence-corrected chi connectivity index (χ2v) is 6.01. The van der Waals surface area contributed by atoms with E-state index in [1.54, 1.807) is 20.8 Å². The molecule has 0 aliphatic carbocycles. The average Bonchev–Trinajstić information content (AvgIpc) is 2.10. The fourth-order valence-electron chi connectivity index (χ4n) is 1.36. The molecule has 20 heavy (non-hydrogen) atoms. The van der Waals surface area contributed by atoms with Crippen molar-refractivity contribution in [2.24, 2.45) is 5.92 Å². The molecule has 0 rings (SSSR count). The van der Waals surface area contributed by atoms with E-state index < -0.39 is 36.0 Å². The van der Waals surface area contributed by atoms with Gasteiger partial charge in [0.2, 0.25) is 6.10 Å². The lowest BCUT2D eigenvalue weighted by atomic mass is 10.0. The Kier molecular flexibility index (Phi) is 6.35. The maximum atomic E-state index is 12.4. The Labute approximate surface area is 114 Å². The van der Waals surface area contributed by atoms with Crippen LogP contribution in [-0.2, 0) is 4.74 Å². The first kappa shape index (κ1) is 19.5. The van der Waals surface area contributed by atoms with Gasteiger partial charge < -0.3 is 10.1 Å². The monoisotopic (exact) mass is 309 g/mol. The van der Waals surface area contributed by atoms with Crippen LogP contribution in [0.15, 0.2) is 0 Å². The number of nitrogens with one attached hydrogen (secondary N) is 1. The molecule has 2 nitrogen and oxygen atoms in total. The van der Waals surface area contributed by atoms with Gasteiger partial charge in [-0.15, -0.1) is 0 Å². The van der Waals surface area contributed by atoms with Crippen molar-refractivity contribution >= 4 is 0 Å². The van der Waals surface area contributed by atoms with Crippen LogP contribution in [0.3, 0.4) is 0 Å². The summed E-state index contributed by atoms with van der Waals surface area (Å²) in [5.41, 5.74) is -0.428. The minimum atomic E-state index is -5.48. The topological polar surface area (TPSA) is 21.3 Å². The molecule has 0 heterocycles. The summed E-state index contributed by atoms with van der Waals surface area (Å²) in [4.78, 5) is 0. The lowest BCUT2D eigenvalue weighted by molar-refractivity contribution is -0.333. The maximum absolute atomic E-state index is 12.4. The van der Waals surface area contributed by atoms with Gasteiger partial charge in [0.1, 0.15) is 0 Å². The summed E-state index contributed by atoms with van der Waals surface area (Å²) in [5.74, 6) is -0.489. The smallest absolute Gasteiger partial charge is 0.356 e. The van der Waals surface area contributed by atoms with Gasteiger partial charge in [-0.05, 0) is 26.7 Å². The summed E-state index contributed by atoms with van der Waals surface area (Å²) in [6.45, 7) is 8.21. The van der Waals surface area contributed by atoms with E-state index in [-0.39, 0.29) is 6.54 Å². The largest absolute Gasteiger partial charge is 0.423 e. The van der Waals surface area contributed by atoms with Gasteiger partial charge in [-0.3, -0.25) is 0 Å². The maximum Gasteiger partial charge on any atom is 0.423 e. The first-order valence-corrected chi connectivity index (χ1v) is 6.18. The predicted octanol–water partition coefficient (Wildman–Crippen LogP) is 3.91. The van der Waals surface area contributed by atoms with Crippen LogP contribution < -0.4 is 5.32 Å². The Morgan fingerprint density at radius 2 is 1.30 bits per heavy atom. The summed E-state index contributed by atoms with van der Waals surface area (Å²) >= 11 is 0. The molecule has 0 saturated heterocycles. The van der Waals surface area contributed by atoms with E-state index in [0.717, 1.165) is 0 Å². The molecule has 1 unspecified atom stereocenters. The van der Waals surface area contributed by atoms with Crippen LogP contribution in [0.1, 0.15) is 34.6 Å². The molecule has 122 valence electrons. The molecule has 0 radical (unpaired) electrons. The predicted molar refractivity (Wildman–Crippen MR) is 63.4 cm³/mol. The SMILES string of the molecule is CC(C)C(CNC(C)(C)C)OC(C(F)(F)F)C(F)(F)F. The number of hydrogen-bond acceptors (Lipinski definition) is 2. The van der Waals surface area contributed by atoms with Crippen LogP contribution in [0.2, 0.25) is 0 Å².